The molecular weight excluding hydrogens is 297 g/mol. The van der Waals surface area contributed by atoms with Crippen LogP contribution in [0.4, 0.5) is 13.2 Å². The molecule has 0 spiro atoms. The van der Waals surface area contributed by atoms with Gasteiger partial charge in [0.25, 0.3) is 0 Å². The maximum Gasteiger partial charge on any atom is 0.534 e. The molecule has 112 valence electrons. The monoisotopic (exact) mass is 310 g/mol. The molecule has 1 aromatic rings. The van der Waals surface area contributed by atoms with E-state index in [0.29, 0.717) is 17.7 Å². The third-order valence-corrected chi connectivity index (χ3v) is 3.49. The zero-order valence-corrected chi connectivity index (χ0v) is 11.6. The van der Waals surface area contributed by atoms with E-state index in [0.717, 1.165) is 0 Å². The van der Waals surface area contributed by atoms with Crippen molar-refractivity contribution in [2.45, 2.75) is 18.9 Å². The quantitative estimate of drug-likeness (QED) is 0.476. The van der Waals surface area contributed by atoms with Crippen LogP contribution in [0.25, 0.3) is 5.76 Å². The summed E-state index contributed by atoms with van der Waals surface area (Å²) in [5.74, 6) is -0.183. The second kappa shape index (κ2) is 5.74. The van der Waals surface area contributed by atoms with Gasteiger partial charge in [-0.15, -0.1) is 0 Å². The summed E-state index contributed by atoms with van der Waals surface area (Å²) in [5.41, 5.74) is -4.83. The van der Waals surface area contributed by atoms with Gasteiger partial charge in [-0.25, -0.2) is 0 Å². The number of rotatable bonds is 5. The third kappa shape index (κ3) is 3.24. The molecule has 0 atom stereocenters. The Bertz CT molecular complexity index is 606. The molecule has 1 rings (SSSR count). The lowest BCUT2D eigenvalue weighted by Crippen LogP contribution is -2.25. The van der Waals surface area contributed by atoms with Gasteiger partial charge in [-0.2, -0.15) is 21.6 Å². The molecule has 0 radical (unpaired) electrons. The van der Waals surface area contributed by atoms with Crippen LogP contribution in [0.15, 0.2) is 24.8 Å². The van der Waals surface area contributed by atoms with Crippen molar-refractivity contribution in [3.05, 3.63) is 35.9 Å². The fraction of sp³-hybridized carbons (Fsp3) is 0.333. The van der Waals surface area contributed by atoms with Crippen molar-refractivity contribution < 1.29 is 30.5 Å². The van der Waals surface area contributed by atoms with Crippen LogP contribution in [0.2, 0.25) is 0 Å². The summed E-state index contributed by atoms with van der Waals surface area (Å²) < 4.78 is 67.8. The lowest BCUT2D eigenvalue weighted by Gasteiger charge is -2.15. The molecule has 0 aliphatic carbocycles. The van der Waals surface area contributed by atoms with Crippen molar-refractivity contribution in [2.24, 2.45) is 0 Å². The second-order valence-electron chi connectivity index (χ2n) is 3.75. The number of benzene rings is 1. The molecule has 4 nitrogen and oxygen atoms in total. The molecule has 0 amide bonds. The first-order chi connectivity index (χ1) is 9.14. The molecule has 8 heteroatoms. The SMILES string of the molecule is C=C(OS(=O)(=O)C(F)(F)F)c1cccc(OC)c1CC. The maximum absolute atomic E-state index is 12.3. The zero-order chi connectivity index (χ0) is 15.6. The Kier molecular flexibility index (Phi) is 4.69. The molecule has 1 aromatic carbocycles. The Morgan fingerprint density at radius 3 is 2.40 bits per heavy atom. The summed E-state index contributed by atoms with van der Waals surface area (Å²) in [6.45, 7) is 4.99. The predicted octanol–water partition coefficient (Wildman–Crippen LogP) is 3.09. The Hall–Kier alpha value is -1.70. The lowest BCUT2D eigenvalue weighted by atomic mass is 10.0. The first-order valence-corrected chi connectivity index (χ1v) is 6.90. The van der Waals surface area contributed by atoms with Crippen LogP contribution < -0.4 is 4.74 Å². The highest BCUT2D eigenvalue weighted by Gasteiger charge is 2.48. The lowest BCUT2D eigenvalue weighted by molar-refractivity contribution is -0.0509. The Morgan fingerprint density at radius 2 is 1.95 bits per heavy atom. The minimum atomic E-state index is -5.73. The first-order valence-electron chi connectivity index (χ1n) is 5.50. The van der Waals surface area contributed by atoms with E-state index in [1.54, 1.807) is 13.0 Å². The van der Waals surface area contributed by atoms with Crippen LogP contribution in [-0.4, -0.2) is 21.0 Å². The first kappa shape index (κ1) is 16.4. The number of methoxy groups -OCH3 is 1. The van der Waals surface area contributed by atoms with Gasteiger partial charge in [0, 0.05) is 11.1 Å². The Labute approximate surface area is 114 Å². The van der Waals surface area contributed by atoms with Gasteiger partial charge in [-0.05, 0) is 12.5 Å². The summed E-state index contributed by atoms with van der Waals surface area (Å²) in [7, 11) is -4.33. The van der Waals surface area contributed by atoms with Gasteiger partial charge >= 0.3 is 15.6 Å². The van der Waals surface area contributed by atoms with E-state index in [2.05, 4.69) is 10.8 Å². The van der Waals surface area contributed by atoms with Crippen molar-refractivity contribution in [3.8, 4) is 5.75 Å². The van der Waals surface area contributed by atoms with E-state index in [9.17, 15) is 21.6 Å². The summed E-state index contributed by atoms with van der Waals surface area (Å²) in [5, 5.41) is 0. The van der Waals surface area contributed by atoms with E-state index in [-0.39, 0.29) is 5.56 Å². The van der Waals surface area contributed by atoms with Gasteiger partial charge in [-0.1, -0.05) is 25.6 Å². The summed E-state index contributed by atoms with van der Waals surface area (Å²) >= 11 is 0. The third-order valence-electron chi connectivity index (χ3n) is 2.50. The fourth-order valence-electron chi connectivity index (χ4n) is 1.61. The number of hydrogen-bond donors (Lipinski definition) is 0. The topological polar surface area (TPSA) is 52.6 Å². The normalized spacial score (nSPS) is 12.1. The largest absolute Gasteiger partial charge is 0.534 e. The van der Waals surface area contributed by atoms with E-state index in [1.807, 2.05) is 0 Å². The number of hydrogen-bond acceptors (Lipinski definition) is 4. The smallest absolute Gasteiger partial charge is 0.496 e. The Morgan fingerprint density at radius 1 is 1.35 bits per heavy atom. The summed E-state index contributed by atoms with van der Waals surface area (Å²) in [4.78, 5) is 0. The minimum absolute atomic E-state index is 0.152. The highest BCUT2D eigenvalue weighted by Crippen LogP contribution is 2.32. The van der Waals surface area contributed by atoms with Crippen molar-refractivity contribution in [1.29, 1.82) is 0 Å². The predicted molar refractivity (Wildman–Crippen MR) is 67.5 cm³/mol. The maximum atomic E-state index is 12.3. The van der Waals surface area contributed by atoms with E-state index in [1.165, 1.54) is 19.2 Å². The summed E-state index contributed by atoms with van der Waals surface area (Å²) in [6.07, 6.45) is 0.411. The molecule has 0 aliphatic heterocycles. The van der Waals surface area contributed by atoms with Crippen LogP contribution >= 0.6 is 0 Å². The molecule has 0 fully saturated rings. The van der Waals surface area contributed by atoms with E-state index in [4.69, 9.17) is 4.74 Å². The van der Waals surface area contributed by atoms with Gasteiger partial charge in [0.2, 0.25) is 0 Å². The molecular formula is C12H13F3O4S. The molecule has 0 saturated heterocycles. The van der Waals surface area contributed by atoms with Crippen LogP contribution in [0, 0.1) is 0 Å². The number of halogens is 3. The average Bonchev–Trinajstić information content (AvgIpc) is 2.35. The van der Waals surface area contributed by atoms with Gasteiger partial charge in [0.1, 0.15) is 11.5 Å². The van der Waals surface area contributed by atoms with Crippen LogP contribution in [-0.2, 0) is 20.7 Å². The fourth-order valence-corrected chi connectivity index (χ4v) is 2.06. The molecule has 0 heterocycles. The molecule has 20 heavy (non-hydrogen) atoms. The molecule has 0 bridgehead atoms. The molecule has 0 N–H and O–H groups in total. The van der Waals surface area contributed by atoms with E-state index >= 15 is 0 Å². The van der Waals surface area contributed by atoms with Crippen molar-refractivity contribution >= 4 is 15.9 Å². The standard InChI is InChI=1S/C12H13F3O4S/c1-4-9-10(6-5-7-11(9)18-3)8(2)19-20(16,17)12(13,14)15/h5-7H,2,4H2,1,3H3. The van der Waals surface area contributed by atoms with Crippen molar-refractivity contribution in [3.63, 3.8) is 0 Å². The highest BCUT2D eigenvalue weighted by molar-refractivity contribution is 7.87. The average molecular weight is 310 g/mol. The van der Waals surface area contributed by atoms with Crippen LogP contribution in [0.1, 0.15) is 18.1 Å². The summed E-state index contributed by atoms with van der Waals surface area (Å²) in [6, 6.07) is 4.52. The van der Waals surface area contributed by atoms with E-state index < -0.39 is 21.4 Å². The van der Waals surface area contributed by atoms with Gasteiger partial charge in [0.15, 0.2) is 0 Å². The van der Waals surface area contributed by atoms with Crippen LogP contribution in [0.5, 0.6) is 5.75 Å². The Balaban J connectivity index is 3.18. The van der Waals surface area contributed by atoms with Crippen molar-refractivity contribution in [1.82, 2.24) is 0 Å². The number of alkyl halides is 3. The minimum Gasteiger partial charge on any atom is -0.496 e. The highest BCUT2D eigenvalue weighted by atomic mass is 32.2. The molecule has 0 aromatic heterocycles. The molecule has 0 unspecified atom stereocenters. The number of ether oxygens (including phenoxy) is 1. The molecule has 0 saturated carbocycles. The van der Waals surface area contributed by atoms with Crippen molar-refractivity contribution in [2.75, 3.05) is 7.11 Å². The second-order valence-corrected chi connectivity index (χ2v) is 5.28. The van der Waals surface area contributed by atoms with Gasteiger partial charge in [0.05, 0.1) is 7.11 Å². The zero-order valence-electron chi connectivity index (χ0n) is 10.8. The van der Waals surface area contributed by atoms with Crippen LogP contribution in [0.3, 0.4) is 0 Å². The molecule has 0 aliphatic rings. The van der Waals surface area contributed by atoms with Gasteiger partial charge in [-0.3, -0.25) is 0 Å². The van der Waals surface area contributed by atoms with Gasteiger partial charge < -0.3 is 8.92 Å².